The number of halogens is 2. The maximum atomic E-state index is 6.25. The lowest BCUT2D eigenvalue weighted by Gasteiger charge is -2.17. The highest BCUT2D eigenvalue weighted by Crippen LogP contribution is 2.31. The fraction of sp³-hybridized carbons (Fsp3) is 0.300. The fourth-order valence-corrected chi connectivity index (χ4v) is 3.93. The molecular weight excluding hydrogens is 401 g/mol. The first kappa shape index (κ1) is 20.1. The van der Waals surface area contributed by atoms with Crippen LogP contribution < -0.4 is 4.74 Å². The van der Waals surface area contributed by atoms with Gasteiger partial charge in [-0.1, -0.05) is 53.2 Å². The summed E-state index contributed by atoms with van der Waals surface area (Å²) in [6.07, 6.45) is -0.262. The van der Waals surface area contributed by atoms with Crippen LogP contribution in [0, 0.1) is 6.92 Å². The van der Waals surface area contributed by atoms with Crippen molar-refractivity contribution in [3.05, 3.63) is 69.5 Å². The summed E-state index contributed by atoms with van der Waals surface area (Å²) in [4.78, 5) is 0. The molecule has 3 aromatic rings. The standard InChI is InChI=1S/C20H21Cl2N3OS/c1-4-25-19(14(3)26-18-11-13(2)5-10-17(18)22)23-24-20(25)27-12-15-6-8-16(21)9-7-15/h5-11,14H,4,12H2,1-3H3. The number of aromatic nitrogens is 3. The molecule has 0 spiro atoms. The van der Waals surface area contributed by atoms with Gasteiger partial charge in [-0.15, -0.1) is 10.2 Å². The quantitative estimate of drug-likeness (QED) is 0.416. The number of nitrogens with zero attached hydrogens (tertiary/aromatic N) is 3. The van der Waals surface area contributed by atoms with E-state index in [2.05, 4.69) is 21.7 Å². The van der Waals surface area contributed by atoms with E-state index in [-0.39, 0.29) is 6.10 Å². The number of benzene rings is 2. The molecule has 7 heteroatoms. The lowest BCUT2D eigenvalue weighted by Crippen LogP contribution is -2.12. The van der Waals surface area contributed by atoms with Gasteiger partial charge < -0.3 is 9.30 Å². The maximum Gasteiger partial charge on any atom is 0.191 e. The molecule has 0 saturated carbocycles. The molecule has 0 N–H and O–H groups in total. The van der Waals surface area contributed by atoms with E-state index in [9.17, 15) is 0 Å². The molecule has 0 aliphatic heterocycles. The van der Waals surface area contributed by atoms with Crippen LogP contribution in [0.25, 0.3) is 0 Å². The molecule has 1 atom stereocenters. The van der Waals surface area contributed by atoms with Crippen LogP contribution in [0.2, 0.25) is 10.0 Å². The van der Waals surface area contributed by atoms with Crippen molar-refractivity contribution in [1.29, 1.82) is 0 Å². The first-order valence-electron chi connectivity index (χ1n) is 8.71. The van der Waals surface area contributed by atoms with Crippen molar-refractivity contribution in [2.45, 2.75) is 44.3 Å². The molecule has 0 aliphatic rings. The maximum absolute atomic E-state index is 6.25. The Morgan fingerprint density at radius 1 is 1.11 bits per heavy atom. The van der Waals surface area contributed by atoms with E-state index in [1.54, 1.807) is 11.8 Å². The fourth-order valence-electron chi connectivity index (χ4n) is 2.68. The Bertz CT molecular complexity index is 912. The van der Waals surface area contributed by atoms with E-state index < -0.39 is 0 Å². The summed E-state index contributed by atoms with van der Waals surface area (Å²) in [6, 6.07) is 13.6. The summed E-state index contributed by atoms with van der Waals surface area (Å²) < 4.78 is 8.14. The van der Waals surface area contributed by atoms with E-state index in [1.807, 2.05) is 56.3 Å². The van der Waals surface area contributed by atoms with E-state index in [0.717, 1.165) is 33.9 Å². The minimum absolute atomic E-state index is 0.262. The number of hydrogen-bond donors (Lipinski definition) is 0. The lowest BCUT2D eigenvalue weighted by molar-refractivity contribution is 0.210. The number of ether oxygens (including phenoxy) is 1. The molecule has 3 rings (SSSR count). The Morgan fingerprint density at radius 3 is 2.56 bits per heavy atom. The van der Waals surface area contributed by atoms with Gasteiger partial charge in [0.25, 0.3) is 0 Å². The third-order valence-electron chi connectivity index (χ3n) is 4.10. The van der Waals surface area contributed by atoms with Gasteiger partial charge in [-0.2, -0.15) is 0 Å². The Kier molecular flexibility index (Phi) is 6.68. The Hall–Kier alpha value is -1.69. The first-order chi connectivity index (χ1) is 13.0. The van der Waals surface area contributed by atoms with Crippen LogP contribution in [0.15, 0.2) is 47.6 Å². The summed E-state index contributed by atoms with van der Waals surface area (Å²) in [7, 11) is 0. The number of hydrogen-bond acceptors (Lipinski definition) is 4. The third-order valence-corrected chi connectivity index (χ3v) is 5.70. The molecule has 0 saturated heterocycles. The summed E-state index contributed by atoms with van der Waals surface area (Å²) in [5.74, 6) is 2.24. The molecule has 0 bridgehead atoms. The second kappa shape index (κ2) is 9.00. The highest BCUT2D eigenvalue weighted by molar-refractivity contribution is 7.98. The Balaban J connectivity index is 1.74. The van der Waals surface area contributed by atoms with Crippen molar-refractivity contribution in [3.8, 4) is 5.75 Å². The SMILES string of the molecule is CCn1c(SCc2ccc(Cl)cc2)nnc1C(C)Oc1cc(C)ccc1Cl. The van der Waals surface area contributed by atoms with Crippen molar-refractivity contribution >= 4 is 35.0 Å². The van der Waals surface area contributed by atoms with Crippen LogP contribution in [-0.4, -0.2) is 14.8 Å². The molecule has 2 aromatic carbocycles. The highest BCUT2D eigenvalue weighted by Gasteiger charge is 2.19. The van der Waals surface area contributed by atoms with E-state index >= 15 is 0 Å². The van der Waals surface area contributed by atoms with E-state index in [1.165, 1.54) is 5.56 Å². The van der Waals surface area contributed by atoms with E-state index in [4.69, 9.17) is 27.9 Å². The zero-order valence-corrected chi connectivity index (χ0v) is 17.8. The van der Waals surface area contributed by atoms with Crippen LogP contribution in [-0.2, 0) is 12.3 Å². The first-order valence-corrected chi connectivity index (χ1v) is 10.4. The van der Waals surface area contributed by atoms with Crippen molar-refractivity contribution < 1.29 is 4.74 Å². The van der Waals surface area contributed by atoms with Gasteiger partial charge in [0.15, 0.2) is 17.1 Å². The predicted octanol–water partition coefficient (Wildman–Crippen LogP) is 6.35. The van der Waals surface area contributed by atoms with Gasteiger partial charge >= 0.3 is 0 Å². The van der Waals surface area contributed by atoms with Gasteiger partial charge in [0, 0.05) is 17.3 Å². The molecule has 4 nitrogen and oxygen atoms in total. The summed E-state index contributed by atoms with van der Waals surface area (Å²) >= 11 is 13.8. The average Bonchev–Trinajstić information content (AvgIpc) is 3.07. The van der Waals surface area contributed by atoms with Gasteiger partial charge in [-0.3, -0.25) is 0 Å². The van der Waals surface area contributed by atoms with Gasteiger partial charge in [-0.05, 0) is 56.2 Å². The minimum Gasteiger partial charge on any atom is -0.481 e. The normalized spacial score (nSPS) is 12.2. The third kappa shape index (κ3) is 4.98. The monoisotopic (exact) mass is 421 g/mol. The van der Waals surface area contributed by atoms with Crippen molar-refractivity contribution in [2.75, 3.05) is 0 Å². The van der Waals surface area contributed by atoms with Crippen LogP contribution >= 0.6 is 35.0 Å². The molecule has 142 valence electrons. The summed E-state index contributed by atoms with van der Waals surface area (Å²) in [5, 5.41) is 10.9. The molecule has 0 radical (unpaired) electrons. The van der Waals surface area contributed by atoms with Crippen LogP contribution in [0.1, 0.15) is 36.9 Å². The average molecular weight is 422 g/mol. The molecule has 1 unspecified atom stereocenters. The molecule has 0 amide bonds. The number of thioether (sulfide) groups is 1. The lowest BCUT2D eigenvalue weighted by atomic mass is 10.2. The van der Waals surface area contributed by atoms with Gasteiger partial charge in [0.05, 0.1) is 5.02 Å². The van der Waals surface area contributed by atoms with Gasteiger partial charge in [0.2, 0.25) is 0 Å². The Morgan fingerprint density at radius 2 is 1.85 bits per heavy atom. The molecule has 1 aromatic heterocycles. The largest absolute Gasteiger partial charge is 0.481 e. The van der Waals surface area contributed by atoms with Gasteiger partial charge in [0.1, 0.15) is 5.75 Å². The van der Waals surface area contributed by atoms with Gasteiger partial charge in [-0.25, -0.2) is 0 Å². The summed E-state index contributed by atoms with van der Waals surface area (Å²) in [5.41, 5.74) is 2.28. The Labute approximate surface area is 173 Å². The molecule has 1 heterocycles. The highest BCUT2D eigenvalue weighted by atomic mass is 35.5. The van der Waals surface area contributed by atoms with Crippen LogP contribution in [0.4, 0.5) is 0 Å². The second-order valence-corrected chi connectivity index (χ2v) is 7.98. The predicted molar refractivity (Wildman–Crippen MR) is 112 cm³/mol. The van der Waals surface area contributed by atoms with E-state index in [0.29, 0.717) is 10.8 Å². The van der Waals surface area contributed by atoms with Crippen molar-refractivity contribution in [1.82, 2.24) is 14.8 Å². The molecule has 27 heavy (non-hydrogen) atoms. The minimum atomic E-state index is -0.262. The molecule has 0 aliphatic carbocycles. The topological polar surface area (TPSA) is 39.9 Å². The summed E-state index contributed by atoms with van der Waals surface area (Å²) in [6.45, 7) is 6.81. The molecular formula is C20H21Cl2N3OS. The number of rotatable bonds is 7. The van der Waals surface area contributed by atoms with Crippen molar-refractivity contribution in [3.63, 3.8) is 0 Å². The molecule has 0 fully saturated rings. The zero-order chi connectivity index (χ0) is 19.4. The van der Waals surface area contributed by atoms with Crippen molar-refractivity contribution in [2.24, 2.45) is 0 Å². The van der Waals surface area contributed by atoms with Crippen LogP contribution in [0.5, 0.6) is 5.75 Å². The second-order valence-electron chi connectivity index (χ2n) is 6.19. The zero-order valence-electron chi connectivity index (χ0n) is 15.4. The van der Waals surface area contributed by atoms with Crippen LogP contribution in [0.3, 0.4) is 0 Å². The smallest absolute Gasteiger partial charge is 0.191 e. The number of aryl methyl sites for hydroxylation is 1.